The Balaban J connectivity index is 1.44. The number of aromatic nitrogens is 2. The highest BCUT2D eigenvalue weighted by Crippen LogP contribution is 2.26. The predicted octanol–water partition coefficient (Wildman–Crippen LogP) is 2.37. The molecular weight excluding hydrogens is 377 g/mol. The van der Waals surface area contributed by atoms with Gasteiger partial charge < -0.3 is 19.3 Å². The molecule has 3 heterocycles. The molecule has 2 aliphatic heterocycles. The fourth-order valence-electron chi connectivity index (χ4n) is 3.18. The number of nitrogens with zero attached hydrogens (tertiary/aromatic N) is 4. The highest BCUT2D eigenvalue weighted by Gasteiger charge is 2.31. The molecule has 0 radical (unpaired) electrons. The molecule has 0 atom stereocenters. The van der Waals surface area contributed by atoms with Crippen molar-refractivity contribution in [2.24, 2.45) is 0 Å². The number of rotatable bonds is 3. The van der Waals surface area contributed by atoms with Crippen LogP contribution in [0.25, 0.3) is 0 Å². The summed E-state index contributed by atoms with van der Waals surface area (Å²) in [6.45, 7) is 3.37. The van der Waals surface area contributed by atoms with E-state index in [1.807, 2.05) is 4.90 Å². The molecule has 28 heavy (non-hydrogen) atoms. The highest BCUT2D eigenvalue weighted by molar-refractivity contribution is 5.94. The molecule has 4 rings (SSSR count). The van der Waals surface area contributed by atoms with E-state index in [-0.39, 0.29) is 17.2 Å². The van der Waals surface area contributed by atoms with Gasteiger partial charge in [0.15, 0.2) is 0 Å². The van der Waals surface area contributed by atoms with Gasteiger partial charge in [-0.15, -0.1) is 13.2 Å². The molecule has 1 saturated heterocycles. The maximum Gasteiger partial charge on any atom is 0.573 e. The van der Waals surface area contributed by atoms with Gasteiger partial charge in [-0.05, 0) is 24.3 Å². The van der Waals surface area contributed by atoms with Crippen molar-refractivity contribution < 1.29 is 27.4 Å². The molecule has 0 saturated carbocycles. The minimum atomic E-state index is -4.76. The zero-order chi connectivity index (χ0) is 19.7. The first-order valence-corrected chi connectivity index (χ1v) is 8.71. The number of amides is 1. The first kappa shape index (κ1) is 18.5. The molecule has 1 amide bonds. The largest absolute Gasteiger partial charge is 0.573 e. The average molecular weight is 394 g/mol. The van der Waals surface area contributed by atoms with Crippen molar-refractivity contribution in [2.45, 2.75) is 19.5 Å². The van der Waals surface area contributed by atoms with Gasteiger partial charge in [0.05, 0.1) is 25.5 Å². The second-order valence-electron chi connectivity index (χ2n) is 6.47. The summed E-state index contributed by atoms with van der Waals surface area (Å²) in [6.07, 6.45) is -3.04. The molecular formula is C18H17F3N4O3. The lowest BCUT2D eigenvalue weighted by atomic mass is 10.2. The Morgan fingerprint density at radius 3 is 2.50 bits per heavy atom. The molecule has 10 heteroatoms. The van der Waals surface area contributed by atoms with Gasteiger partial charge >= 0.3 is 6.36 Å². The second-order valence-corrected chi connectivity index (χ2v) is 6.47. The van der Waals surface area contributed by atoms with E-state index in [1.165, 1.54) is 12.1 Å². The number of alkyl halides is 3. The first-order chi connectivity index (χ1) is 13.4. The van der Waals surface area contributed by atoms with E-state index in [4.69, 9.17) is 4.74 Å². The summed E-state index contributed by atoms with van der Waals surface area (Å²) in [4.78, 5) is 25.3. The fraction of sp³-hybridized carbons (Fsp3) is 0.389. The first-order valence-electron chi connectivity index (χ1n) is 8.71. The molecule has 0 spiro atoms. The van der Waals surface area contributed by atoms with Crippen molar-refractivity contribution in [3.63, 3.8) is 0 Å². The molecule has 0 bridgehead atoms. The maximum absolute atomic E-state index is 12.7. The number of benzene rings is 1. The van der Waals surface area contributed by atoms with E-state index in [0.29, 0.717) is 45.3 Å². The monoisotopic (exact) mass is 394 g/mol. The zero-order valence-corrected chi connectivity index (χ0v) is 14.8. The smallest absolute Gasteiger partial charge is 0.406 e. The summed E-state index contributed by atoms with van der Waals surface area (Å²) < 4.78 is 45.9. The Kier molecular flexibility index (Phi) is 4.80. The predicted molar refractivity (Wildman–Crippen MR) is 91.8 cm³/mol. The normalized spacial score (nSPS) is 16.8. The summed E-state index contributed by atoms with van der Waals surface area (Å²) >= 11 is 0. The van der Waals surface area contributed by atoms with Gasteiger partial charge in [-0.2, -0.15) is 0 Å². The van der Waals surface area contributed by atoms with E-state index in [0.717, 1.165) is 23.4 Å². The molecule has 2 aliphatic rings. The minimum Gasteiger partial charge on any atom is -0.406 e. The molecule has 7 nitrogen and oxygen atoms in total. The van der Waals surface area contributed by atoms with Crippen LogP contribution >= 0.6 is 0 Å². The lowest BCUT2D eigenvalue weighted by molar-refractivity contribution is -0.274. The second kappa shape index (κ2) is 7.27. The Morgan fingerprint density at radius 2 is 1.82 bits per heavy atom. The average Bonchev–Trinajstić information content (AvgIpc) is 3.11. The van der Waals surface area contributed by atoms with Crippen LogP contribution in [0.3, 0.4) is 0 Å². The van der Waals surface area contributed by atoms with Gasteiger partial charge in [-0.25, -0.2) is 9.97 Å². The molecule has 1 aromatic carbocycles. The van der Waals surface area contributed by atoms with E-state index >= 15 is 0 Å². The number of anilines is 1. The molecule has 0 unspecified atom stereocenters. The SMILES string of the molecule is O=C(c1ccc(OC(F)(F)F)cc1)N1Cc2cnc(N3CCOCC3)nc2C1. The molecule has 1 aromatic heterocycles. The zero-order valence-electron chi connectivity index (χ0n) is 14.8. The van der Waals surface area contributed by atoms with Crippen molar-refractivity contribution >= 4 is 11.9 Å². The van der Waals surface area contributed by atoms with Crippen LogP contribution in [-0.2, 0) is 17.8 Å². The number of hydrogen-bond donors (Lipinski definition) is 0. The Labute approximate surface area is 158 Å². The Hall–Kier alpha value is -2.88. The highest BCUT2D eigenvalue weighted by atomic mass is 19.4. The lowest BCUT2D eigenvalue weighted by Crippen LogP contribution is -2.37. The van der Waals surface area contributed by atoms with Crippen molar-refractivity contribution in [2.75, 3.05) is 31.2 Å². The number of ether oxygens (including phenoxy) is 2. The molecule has 0 aliphatic carbocycles. The van der Waals surface area contributed by atoms with Crippen molar-refractivity contribution in [3.05, 3.63) is 47.3 Å². The van der Waals surface area contributed by atoms with Crippen LogP contribution in [0.15, 0.2) is 30.5 Å². The van der Waals surface area contributed by atoms with Crippen LogP contribution in [0, 0.1) is 0 Å². The number of fused-ring (bicyclic) bond motifs is 1. The fourth-order valence-corrected chi connectivity index (χ4v) is 3.18. The van der Waals surface area contributed by atoms with Crippen LogP contribution in [0.2, 0.25) is 0 Å². The van der Waals surface area contributed by atoms with Crippen LogP contribution in [0.4, 0.5) is 19.1 Å². The number of halogens is 3. The third-order valence-corrected chi connectivity index (χ3v) is 4.56. The molecule has 2 aromatic rings. The maximum atomic E-state index is 12.7. The van der Waals surface area contributed by atoms with Crippen LogP contribution in [0.1, 0.15) is 21.6 Å². The van der Waals surface area contributed by atoms with E-state index in [1.54, 1.807) is 11.1 Å². The van der Waals surface area contributed by atoms with Crippen molar-refractivity contribution in [3.8, 4) is 5.75 Å². The van der Waals surface area contributed by atoms with Gasteiger partial charge in [-0.1, -0.05) is 0 Å². The van der Waals surface area contributed by atoms with Crippen LogP contribution in [-0.4, -0.2) is 53.4 Å². The van der Waals surface area contributed by atoms with Gasteiger partial charge in [0.2, 0.25) is 5.95 Å². The quantitative estimate of drug-likeness (QED) is 0.796. The number of carbonyl (C=O) groups excluding carboxylic acids is 1. The summed E-state index contributed by atoms with van der Waals surface area (Å²) in [5, 5.41) is 0. The lowest BCUT2D eigenvalue weighted by Gasteiger charge is -2.26. The van der Waals surface area contributed by atoms with Crippen molar-refractivity contribution in [1.29, 1.82) is 0 Å². The molecule has 0 N–H and O–H groups in total. The minimum absolute atomic E-state index is 0.281. The van der Waals surface area contributed by atoms with Gasteiger partial charge in [0.25, 0.3) is 5.91 Å². The van der Waals surface area contributed by atoms with Crippen LogP contribution < -0.4 is 9.64 Å². The summed E-state index contributed by atoms with van der Waals surface area (Å²) in [7, 11) is 0. The number of morpholine rings is 1. The van der Waals surface area contributed by atoms with Crippen molar-refractivity contribution in [1.82, 2.24) is 14.9 Å². The van der Waals surface area contributed by atoms with E-state index in [9.17, 15) is 18.0 Å². The Bertz CT molecular complexity index is 867. The third-order valence-electron chi connectivity index (χ3n) is 4.56. The van der Waals surface area contributed by atoms with Gasteiger partial charge in [0, 0.05) is 37.0 Å². The molecule has 1 fully saturated rings. The summed E-state index contributed by atoms with van der Waals surface area (Å²) in [5.74, 6) is -0.0377. The van der Waals surface area contributed by atoms with Gasteiger partial charge in [0.1, 0.15) is 5.75 Å². The standard InChI is InChI=1S/C18H17F3N4O3/c19-18(20,21)28-14-3-1-12(2-4-14)16(26)25-10-13-9-22-17(23-15(13)11-25)24-5-7-27-8-6-24/h1-4,9H,5-8,10-11H2. The topological polar surface area (TPSA) is 67.8 Å². The van der Waals surface area contributed by atoms with E-state index in [2.05, 4.69) is 14.7 Å². The van der Waals surface area contributed by atoms with E-state index < -0.39 is 6.36 Å². The Morgan fingerprint density at radius 1 is 1.11 bits per heavy atom. The summed E-state index contributed by atoms with van der Waals surface area (Å²) in [5.41, 5.74) is 1.92. The number of carbonyl (C=O) groups is 1. The van der Waals surface area contributed by atoms with Crippen LogP contribution in [0.5, 0.6) is 5.75 Å². The summed E-state index contributed by atoms with van der Waals surface area (Å²) in [6, 6.07) is 4.88. The van der Waals surface area contributed by atoms with Gasteiger partial charge in [-0.3, -0.25) is 4.79 Å². The number of hydrogen-bond acceptors (Lipinski definition) is 6. The molecule has 148 valence electrons. The third kappa shape index (κ3) is 4.01.